The van der Waals surface area contributed by atoms with Crippen molar-refractivity contribution in [2.75, 3.05) is 0 Å². The molecule has 0 aliphatic heterocycles. The summed E-state index contributed by atoms with van der Waals surface area (Å²) in [6, 6.07) is 9.81. The fourth-order valence-electron chi connectivity index (χ4n) is 1.83. The van der Waals surface area contributed by atoms with Crippen molar-refractivity contribution in [1.82, 2.24) is 15.4 Å². The molecule has 2 rings (SSSR count). The third-order valence-corrected chi connectivity index (χ3v) is 2.72. The second-order valence-corrected chi connectivity index (χ2v) is 3.95. The van der Waals surface area contributed by atoms with Crippen molar-refractivity contribution in [2.45, 2.75) is 19.4 Å². The van der Waals surface area contributed by atoms with Gasteiger partial charge >= 0.3 is 0 Å². The Kier molecular flexibility index (Phi) is 3.80. The number of hydrogen-bond acceptors (Lipinski definition) is 4. The molecule has 2 aromatic heterocycles. The molecule has 0 radical (unpaired) electrons. The molecule has 4 heteroatoms. The molecule has 0 saturated heterocycles. The highest BCUT2D eigenvalue weighted by atomic mass is 15.2. The Morgan fingerprint density at radius 1 is 1.18 bits per heavy atom. The van der Waals surface area contributed by atoms with Crippen LogP contribution in [0.3, 0.4) is 0 Å². The van der Waals surface area contributed by atoms with Gasteiger partial charge in [0.1, 0.15) is 0 Å². The molecule has 4 nitrogen and oxygen atoms in total. The van der Waals surface area contributed by atoms with Crippen molar-refractivity contribution in [3.05, 3.63) is 59.7 Å². The van der Waals surface area contributed by atoms with Crippen molar-refractivity contribution in [3.63, 3.8) is 0 Å². The Labute approximate surface area is 101 Å². The Morgan fingerprint density at radius 3 is 2.65 bits per heavy atom. The first-order chi connectivity index (χ1) is 8.31. The minimum Gasteiger partial charge on any atom is -0.271 e. The molecule has 3 N–H and O–H groups in total. The van der Waals surface area contributed by atoms with E-state index >= 15 is 0 Å². The number of hydrogen-bond donors (Lipinski definition) is 2. The minimum absolute atomic E-state index is 0.00824. The summed E-state index contributed by atoms with van der Waals surface area (Å²) in [5.41, 5.74) is 5.91. The average Bonchev–Trinajstić information content (AvgIpc) is 2.38. The predicted octanol–water partition coefficient (Wildman–Crippen LogP) is 1.53. The van der Waals surface area contributed by atoms with Crippen molar-refractivity contribution in [1.29, 1.82) is 0 Å². The quantitative estimate of drug-likeness (QED) is 0.615. The summed E-state index contributed by atoms with van der Waals surface area (Å²) >= 11 is 0. The van der Waals surface area contributed by atoms with Crippen LogP contribution in [0.5, 0.6) is 0 Å². The first-order valence-electron chi connectivity index (χ1n) is 5.59. The van der Waals surface area contributed by atoms with Crippen LogP contribution in [0.25, 0.3) is 0 Å². The average molecular weight is 228 g/mol. The van der Waals surface area contributed by atoms with Gasteiger partial charge in [-0.1, -0.05) is 12.1 Å². The fourth-order valence-corrected chi connectivity index (χ4v) is 1.83. The van der Waals surface area contributed by atoms with Crippen molar-refractivity contribution in [3.8, 4) is 0 Å². The highest BCUT2D eigenvalue weighted by Crippen LogP contribution is 2.17. The number of nitrogens with one attached hydrogen (secondary N) is 1. The lowest BCUT2D eigenvalue weighted by atomic mass is 10.0. The molecular weight excluding hydrogens is 212 g/mol. The van der Waals surface area contributed by atoms with E-state index < -0.39 is 0 Å². The first-order valence-corrected chi connectivity index (χ1v) is 5.59. The summed E-state index contributed by atoms with van der Waals surface area (Å²) in [5.74, 6) is 5.60. The zero-order chi connectivity index (χ0) is 12.1. The Morgan fingerprint density at radius 2 is 2.00 bits per heavy atom. The summed E-state index contributed by atoms with van der Waals surface area (Å²) in [6.45, 7) is 2.03. The molecule has 17 heavy (non-hydrogen) atoms. The summed E-state index contributed by atoms with van der Waals surface area (Å²) < 4.78 is 0. The van der Waals surface area contributed by atoms with E-state index in [0.717, 1.165) is 23.4 Å². The molecule has 1 unspecified atom stereocenters. The van der Waals surface area contributed by atoms with Crippen LogP contribution in [-0.4, -0.2) is 9.97 Å². The fraction of sp³-hybridized carbons (Fsp3) is 0.231. The summed E-state index contributed by atoms with van der Waals surface area (Å²) in [4.78, 5) is 8.67. The van der Waals surface area contributed by atoms with Gasteiger partial charge in [0, 0.05) is 24.5 Å². The van der Waals surface area contributed by atoms with Crippen molar-refractivity contribution < 1.29 is 0 Å². The number of nitrogens with two attached hydrogens (primary N) is 1. The molecule has 1 atom stereocenters. The zero-order valence-corrected chi connectivity index (χ0v) is 9.80. The maximum absolute atomic E-state index is 5.60. The topological polar surface area (TPSA) is 63.8 Å². The van der Waals surface area contributed by atoms with Crippen LogP contribution < -0.4 is 11.3 Å². The van der Waals surface area contributed by atoms with Gasteiger partial charge in [0.25, 0.3) is 0 Å². The molecule has 0 amide bonds. The van der Waals surface area contributed by atoms with Crippen LogP contribution in [0.1, 0.15) is 23.0 Å². The van der Waals surface area contributed by atoms with E-state index in [0.29, 0.717) is 0 Å². The van der Waals surface area contributed by atoms with Gasteiger partial charge in [-0.25, -0.2) is 0 Å². The predicted molar refractivity (Wildman–Crippen MR) is 67.0 cm³/mol. The summed E-state index contributed by atoms with van der Waals surface area (Å²) in [5, 5.41) is 0. The minimum atomic E-state index is -0.00824. The number of nitrogens with zero attached hydrogens (tertiary/aromatic N) is 2. The van der Waals surface area contributed by atoms with E-state index in [1.165, 1.54) is 0 Å². The van der Waals surface area contributed by atoms with Gasteiger partial charge in [-0.05, 0) is 30.7 Å². The lowest BCUT2D eigenvalue weighted by Crippen LogP contribution is -2.31. The molecular formula is C13H16N4. The number of pyridine rings is 2. The van der Waals surface area contributed by atoms with Crippen LogP contribution in [-0.2, 0) is 6.42 Å². The van der Waals surface area contributed by atoms with Crippen LogP contribution in [0.15, 0.2) is 42.7 Å². The van der Waals surface area contributed by atoms with E-state index in [1.54, 1.807) is 12.4 Å². The molecule has 0 spiro atoms. The number of aryl methyl sites for hydroxylation is 1. The number of rotatable bonds is 4. The van der Waals surface area contributed by atoms with Crippen LogP contribution >= 0.6 is 0 Å². The van der Waals surface area contributed by atoms with Gasteiger partial charge in [-0.3, -0.25) is 21.2 Å². The molecule has 0 bridgehead atoms. The molecule has 2 aromatic rings. The van der Waals surface area contributed by atoms with E-state index in [2.05, 4.69) is 15.4 Å². The maximum atomic E-state index is 5.60. The van der Waals surface area contributed by atoms with Gasteiger partial charge < -0.3 is 0 Å². The Hall–Kier alpha value is -1.78. The zero-order valence-electron chi connectivity index (χ0n) is 9.80. The standard InChI is InChI=1S/C13H16N4/c1-10-5-4-8-16-13(10)12(17-14)9-11-6-2-3-7-15-11/h2-8,12,17H,9,14H2,1H3. The maximum Gasteiger partial charge on any atom is 0.0690 e. The lowest BCUT2D eigenvalue weighted by molar-refractivity contribution is 0.530. The van der Waals surface area contributed by atoms with Gasteiger partial charge in [-0.2, -0.15) is 0 Å². The summed E-state index contributed by atoms with van der Waals surface area (Å²) in [6.07, 6.45) is 4.30. The van der Waals surface area contributed by atoms with Crippen LogP contribution in [0.2, 0.25) is 0 Å². The molecule has 88 valence electrons. The third-order valence-electron chi connectivity index (χ3n) is 2.72. The lowest BCUT2D eigenvalue weighted by Gasteiger charge is -2.16. The van der Waals surface area contributed by atoms with Gasteiger partial charge in [-0.15, -0.1) is 0 Å². The van der Waals surface area contributed by atoms with E-state index in [4.69, 9.17) is 5.84 Å². The number of hydrazine groups is 1. The molecule has 0 aliphatic carbocycles. The molecule has 0 saturated carbocycles. The molecule has 0 aromatic carbocycles. The second kappa shape index (κ2) is 5.52. The van der Waals surface area contributed by atoms with Crippen LogP contribution in [0.4, 0.5) is 0 Å². The number of aromatic nitrogens is 2. The molecule has 0 aliphatic rings. The normalized spacial score (nSPS) is 12.4. The smallest absolute Gasteiger partial charge is 0.0690 e. The monoisotopic (exact) mass is 228 g/mol. The first kappa shape index (κ1) is 11.7. The van der Waals surface area contributed by atoms with Crippen molar-refractivity contribution in [2.24, 2.45) is 5.84 Å². The van der Waals surface area contributed by atoms with Gasteiger partial charge in [0.05, 0.1) is 11.7 Å². The van der Waals surface area contributed by atoms with E-state index in [1.807, 2.05) is 37.3 Å². The summed E-state index contributed by atoms with van der Waals surface area (Å²) in [7, 11) is 0. The van der Waals surface area contributed by atoms with E-state index in [-0.39, 0.29) is 6.04 Å². The molecule has 0 fully saturated rings. The van der Waals surface area contributed by atoms with Crippen LogP contribution in [0, 0.1) is 6.92 Å². The largest absolute Gasteiger partial charge is 0.271 e. The van der Waals surface area contributed by atoms with E-state index in [9.17, 15) is 0 Å². The van der Waals surface area contributed by atoms with Gasteiger partial charge in [0.15, 0.2) is 0 Å². The Balaban J connectivity index is 2.21. The molecule has 2 heterocycles. The Bertz CT molecular complexity index is 470. The second-order valence-electron chi connectivity index (χ2n) is 3.95. The van der Waals surface area contributed by atoms with Gasteiger partial charge in [0.2, 0.25) is 0 Å². The van der Waals surface area contributed by atoms with Crippen molar-refractivity contribution >= 4 is 0 Å². The highest BCUT2D eigenvalue weighted by molar-refractivity contribution is 5.22. The highest BCUT2D eigenvalue weighted by Gasteiger charge is 2.14. The third kappa shape index (κ3) is 2.87. The SMILES string of the molecule is Cc1cccnc1C(Cc1ccccn1)NN.